The van der Waals surface area contributed by atoms with Crippen molar-refractivity contribution in [2.75, 3.05) is 13.1 Å². The van der Waals surface area contributed by atoms with Gasteiger partial charge in [0, 0.05) is 30.2 Å². The largest absolute Gasteiger partial charge is 0.341 e. The summed E-state index contributed by atoms with van der Waals surface area (Å²) in [6.45, 7) is 6.01. The predicted octanol–water partition coefficient (Wildman–Crippen LogP) is 2.22. The number of nitrogens with zero attached hydrogens (tertiary/aromatic N) is 4. The van der Waals surface area contributed by atoms with E-state index in [9.17, 15) is 9.59 Å². The van der Waals surface area contributed by atoms with Crippen LogP contribution in [0.4, 0.5) is 0 Å². The van der Waals surface area contributed by atoms with Gasteiger partial charge in [0.15, 0.2) is 5.65 Å². The van der Waals surface area contributed by atoms with Crippen LogP contribution in [0.1, 0.15) is 25.5 Å². The minimum Gasteiger partial charge on any atom is -0.341 e. The molecule has 3 heterocycles. The average Bonchev–Trinajstić information content (AvgIpc) is 2.90. The molecule has 0 unspecified atom stereocenters. The number of carbonyl (C=O) groups is 1. The fraction of sp³-hybridized carbons (Fsp3) is 0.421. The Labute approximate surface area is 145 Å². The molecule has 6 nitrogen and oxygen atoms in total. The topological polar surface area (TPSA) is 59.6 Å². The Balaban J connectivity index is 1.80. The summed E-state index contributed by atoms with van der Waals surface area (Å²) < 4.78 is 3.82. The van der Waals surface area contributed by atoms with Crippen molar-refractivity contribution in [1.29, 1.82) is 0 Å². The highest BCUT2D eigenvalue weighted by Gasteiger charge is 2.22. The van der Waals surface area contributed by atoms with Crippen LogP contribution < -0.4 is 5.56 Å². The molecule has 1 aliphatic heterocycles. The molecule has 2 aromatic heterocycles. The molecule has 1 fully saturated rings. The number of piperidine rings is 1. The monoisotopic (exact) mass is 338 g/mol. The van der Waals surface area contributed by atoms with E-state index in [4.69, 9.17) is 0 Å². The highest BCUT2D eigenvalue weighted by Crippen LogP contribution is 2.22. The maximum atomic E-state index is 12.8. The number of benzene rings is 1. The average molecular weight is 338 g/mol. The summed E-state index contributed by atoms with van der Waals surface area (Å²) in [7, 11) is 0. The van der Waals surface area contributed by atoms with Gasteiger partial charge in [0.05, 0.1) is 5.52 Å². The van der Waals surface area contributed by atoms with Crippen LogP contribution in [0.15, 0.2) is 35.1 Å². The van der Waals surface area contributed by atoms with E-state index in [2.05, 4.69) is 11.9 Å². The predicted molar refractivity (Wildman–Crippen MR) is 96.7 cm³/mol. The molecule has 3 aromatic rings. The molecule has 0 aliphatic carbocycles. The van der Waals surface area contributed by atoms with Gasteiger partial charge in [0.2, 0.25) is 5.91 Å². The lowest BCUT2D eigenvalue weighted by molar-refractivity contribution is -0.133. The second-order valence-corrected chi connectivity index (χ2v) is 7.01. The van der Waals surface area contributed by atoms with Crippen molar-refractivity contribution in [3.63, 3.8) is 0 Å². The summed E-state index contributed by atoms with van der Waals surface area (Å²) in [4.78, 5) is 30.8. The summed E-state index contributed by atoms with van der Waals surface area (Å²) >= 11 is 0. The van der Waals surface area contributed by atoms with Crippen LogP contribution in [0.3, 0.4) is 0 Å². The molecule has 0 radical (unpaired) electrons. The highest BCUT2D eigenvalue weighted by atomic mass is 16.2. The van der Waals surface area contributed by atoms with Crippen LogP contribution in [0.2, 0.25) is 0 Å². The van der Waals surface area contributed by atoms with Crippen molar-refractivity contribution in [2.45, 2.75) is 33.2 Å². The molecule has 1 amide bonds. The Hall–Kier alpha value is -2.63. The molecule has 6 heteroatoms. The van der Waals surface area contributed by atoms with E-state index in [0.717, 1.165) is 42.5 Å². The minimum atomic E-state index is -0.253. The first-order valence-electron chi connectivity index (χ1n) is 8.80. The lowest BCUT2D eigenvalue weighted by Gasteiger charge is -2.30. The maximum absolute atomic E-state index is 12.8. The third-order valence-corrected chi connectivity index (χ3v) is 5.17. The fourth-order valence-corrected chi connectivity index (χ4v) is 3.71. The zero-order chi connectivity index (χ0) is 17.6. The number of amides is 1. The van der Waals surface area contributed by atoms with E-state index in [1.807, 2.05) is 45.3 Å². The number of para-hydroxylation sites is 1. The molecule has 0 bridgehead atoms. The number of hydrogen-bond acceptors (Lipinski definition) is 3. The highest BCUT2D eigenvalue weighted by molar-refractivity contribution is 5.93. The van der Waals surface area contributed by atoms with E-state index in [0.29, 0.717) is 11.6 Å². The number of likely N-dealkylation sites (tertiary alicyclic amines) is 1. The van der Waals surface area contributed by atoms with Gasteiger partial charge in [-0.15, -0.1) is 0 Å². The molecular weight excluding hydrogens is 316 g/mol. The van der Waals surface area contributed by atoms with Crippen molar-refractivity contribution in [3.05, 3.63) is 46.4 Å². The van der Waals surface area contributed by atoms with Gasteiger partial charge in [-0.3, -0.25) is 14.3 Å². The summed E-state index contributed by atoms with van der Waals surface area (Å²) in [5.41, 5.74) is 2.06. The molecule has 1 aliphatic rings. The molecule has 0 spiro atoms. The zero-order valence-corrected chi connectivity index (χ0v) is 14.6. The first-order valence-corrected chi connectivity index (χ1v) is 8.80. The Morgan fingerprint density at radius 3 is 2.72 bits per heavy atom. The van der Waals surface area contributed by atoms with E-state index < -0.39 is 0 Å². The second kappa shape index (κ2) is 6.02. The fourth-order valence-electron chi connectivity index (χ4n) is 3.71. The lowest BCUT2D eigenvalue weighted by atomic mass is 9.99. The summed E-state index contributed by atoms with van der Waals surface area (Å²) in [5, 5.41) is 0.892. The number of fused-ring (bicyclic) bond motifs is 3. The van der Waals surface area contributed by atoms with E-state index in [-0.39, 0.29) is 18.0 Å². The van der Waals surface area contributed by atoms with Crippen LogP contribution in [-0.4, -0.2) is 38.1 Å². The van der Waals surface area contributed by atoms with Gasteiger partial charge in [0.1, 0.15) is 6.54 Å². The Morgan fingerprint density at radius 1 is 1.24 bits per heavy atom. The normalized spacial score (nSPS) is 16.0. The van der Waals surface area contributed by atoms with Gasteiger partial charge in [-0.25, -0.2) is 4.52 Å². The van der Waals surface area contributed by atoms with Crippen LogP contribution in [0, 0.1) is 12.8 Å². The number of carbonyl (C=O) groups excluding carboxylic acids is 1. The summed E-state index contributed by atoms with van der Waals surface area (Å²) in [6.07, 6.45) is 2.12. The third-order valence-electron chi connectivity index (χ3n) is 5.17. The molecule has 4 rings (SSSR count). The van der Waals surface area contributed by atoms with Gasteiger partial charge < -0.3 is 4.90 Å². The van der Waals surface area contributed by atoms with Crippen molar-refractivity contribution >= 4 is 22.5 Å². The first kappa shape index (κ1) is 15.9. The van der Waals surface area contributed by atoms with Crippen molar-refractivity contribution in [3.8, 4) is 0 Å². The molecule has 1 saturated heterocycles. The van der Waals surface area contributed by atoms with Gasteiger partial charge in [-0.1, -0.05) is 19.1 Å². The van der Waals surface area contributed by atoms with Gasteiger partial charge in [-0.2, -0.15) is 4.98 Å². The number of hydrogen-bond donors (Lipinski definition) is 0. The van der Waals surface area contributed by atoms with Gasteiger partial charge >= 0.3 is 0 Å². The van der Waals surface area contributed by atoms with E-state index >= 15 is 0 Å². The standard InChI is InChI=1S/C19H22N4O2/c1-13-7-9-21(10-8-13)18(25)12-22-16-6-4-3-5-15(16)19-20-17(24)11-14(2)23(19)22/h3-6,11,13H,7-10,12H2,1-2H3. The smallest absolute Gasteiger partial charge is 0.273 e. The van der Waals surface area contributed by atoms with E-state index in [1.54, 1.807) is 0 Å². The number of rotatable bonds is 2. The van der Waals surface area contributed by atoms with Crippen LogP contribution in [-0.2, 0) is 11.3 Å². The lowest BCUT2D eigenvalue weighted by Crippen LogP contribution is -2.40. The first-order chi connectivity index (χ1) is 12.0. The third kappa shape index (κ3) is 2.71. The zero-order valence-electron chi connectivity index (χ0n) is 14.6. The van der Waals surface area contributed by atoms with Crippen LogP contribution >= 0.6 is 0 Å². The molecule has 25 heavy (non-hydrogen) atoms. The SMILES string of the molecule is Cc1cc(=O)nc2c3ccccc3n(CC(=O)N3CCC(C)CC3)n12. The van der Waals surface area contributed by atoms with Crippen molar-refractivity contribution in [1.82, 2.24) is 19.1 Å². The Kier molecular flexibility index (Phi) is 3.82. The minimum absolute atomic E-state index is 0.118. The Morgan fingerprint density at radius 2 is 1.96 bits per heavy atom. The van der Waals surface area contributed by atoms with E-state index in [1.165, 1.54) is 6.07 Å². The van der Waals surface area contributed by atoms with Crippen molar-refractivity contribution < 1.29 is 4.79 Å². The summed E-state index contributed by atoms with van der Waals surface area (Å²) in [6, 6.07) is 9.29. The van der Waals surface area contributed by atoms with Gasteiger partial charge in [-0.05, 0) is 37.8 Å². The second-order valence-electron chi connectivity index (χ2n) is 7.01. The molecule has 0 N–H and O–H groups in total. The molecule has 0 atom stereocenters. The van der Waals surface area contributed by atoms with Gasteiger partial charge in [0.25, 0.3) is 5.56 Å². The number of aromatic nitrogens is 3. The van der Waals surface area contributed by atoms with Crippen molar-refractivity contribution in [2.24, 2.45) is 5.92 Å². The number of aryl methyl sites for hydroxylation is 1. The van der Waals surface area contributed by atoms with Crippen LogP contribution in [0.5, 0.6) is 0 Å². The molecule has 0 saturated carbocycles. The molecular formula is C19H22N4O2. The van der Waals surface area contributed by atoms with Crippen LogP contribution in [0.25, 0.3) is 16.6 Å². The molecule has 1 aromatic carbocycles. The Bertz CT molecular complexity index is 1010. The quantitative estimate of drug-likeness (QED) is 0.720. The molecule has 130 valence electrons. The summed E-state index contributed by atoms with van der Waals surface area (Å²) in [5.74, 6) is 0.807. The maximum Gasteiger partial charge on any atom is 0.273 e.